The van der Waals surface area contributed by atoms with Crippen LogP contribution < -0.4 is 11.3 Å². The largest absolute Gasteiger partial charge is 0.373 e. The van der Waals surface area contributed by atoms with E-state index < -0.39 is 0 Å². The highest BCUT2D eigenvalue weighted by molar-refractivity contribution is 6.31. The Balaban J connectivity index is 3.33. The van der Waals surface area contributed by atoms with Crippen LogP contribution in [0.1, 0.15) is 65.2 Å². The Morgan fingerprint density at radius 2 is 2.00 bits per heavy atom. The number of nitrogens with two attached hydrogens (primary N) is 1. The predicted molar refractivity (Wildman–Crippen MR) is 82.6 cm³/mol. The lowest BCUT2D eigenvalue weighted by Gasteiger charge is -2.39. The second-order valence-corrected chi connectivity index (χ2v) is 5.63. The van der Waals surface area contributed by atoms with E-state index in [2.05, 4.69) is 38.2 Å². The SMILES string of the molecule is CCOC(CC)(CC)C(NN)c1c(Cl)cnn1C(C)C. The molecule has 1 atom stereocenters. The number of halogens is 1. The number of aromatic nitrogens is 2. The molecular weight excluding hydrogens is 276 g/mol. The third-order valence-corrected chi connectivity index (χ3v) is 4.16. The highest BCUT2D eigenvalue weighted by atomic mass is 35.5. The van der Waals surface area contributed by atoms with Crippen LogP contribution >= 0.6 is 11.6 Å². The summed E-state index contributed by atoms with van der Waals surface area (Å²) in [7, 11) is 0. The number of hydrazine groups is 1. The number of nitrogens with one attached hydrogen (secondary N) is 1. The van der Waals surface area contributed by atoms with Gasteiger partial charge in [-0.15, -0.1) is 0 Å². The van der Waals surface area contributed by atoms with Gasteiger partial charge in [0, 0.05) is 12.6 Å². The average Bonchev–Trinajstić information content (AvgIpc) is 2.81. The van der Waals surface area contributed by atoms with Crippen molar-refractivity contribution in [1.82, 2.24) is 15.2 Å². The Bertz CT molecular complexity index is 415. The Kier molecular flexibility index (Phi) is 6.45. The minimum Gasteiger partial charge on any atom is -0.373 e. The summed E-state index contributed by atoms with van der Waals surface area (Å²) in [5.74, 6) is 5.84. The first-order valence-electron chi connectivity index (χ1n) is 7.30. The van der Waals surface area contributed by atoms with Gasteiger partial charge in [-0.05, 0) is 33.6 Å². The zero-order valence-corrected chi connectivity index (χ0v) is 13.9. The zero-order valence-electron chi connectivity index (χ0n) is 13.1. The minimum absolute atomic E-state index is 0.199. The van der Waals surface area contributed by atoms with Crippen LogP contribution in [0.25, 0.3) is 0 Å². The molecular formula is C14H27ClN4O. The summed E-state index contributed by atoms with van der Waals surface area (Å²) in [4.78, 5) is 0. The van der Waals surface area contributed by atoms with E-state index in [1.54, 1.807) is 6.20 Å². The number of hydrogen-bond acceptors (Lipinski definition) is 4. The van der Waals surface area contributed by atoms with E-state index in [0.29, 0.717) is 11.6 Å². The van der Waals surface area contributed by atoms with Crippen LogP contribution in [0.4, 0.5) is 0 Å². The Hall–Kier alpha value is -0.620. The van der Waals surface area contributed by atoms with Crippen molar-refractivity contribution in [3.05, 3.63) is 16.9 Å². The summed E-state index contributed by atoms with van der Waals surface area (Å²) in [5.41, 5.74) is 3.40. The number of rotatable bonds is 8. The van der Waals surface area contributed by atoms with Gasteiger partial charge >= 0.3 is 0 Å². The lowest BCUT2D eigenvalue weighted by Crippen LogP contribution is -2.49. The quantitative estimate of drug-likeness (QED) is 0.571. The van der Waals surface area contributed by atoms with Crippen molar-refractivity contribution in [1.29, 1.82) is 0 Å². The number of ether oxygens (including phenoxy) is 1. The highest BCUT2D eigenvalue weighted by Crippen LogP contribution is 2.38. The molecule has 0 spiro atoms. The molecule has 116 valence electrons. The first-order valence-corrected chi connectivity index (χ1v) is 7.68. The molecule has 0 aromatic carbocycles. The van der Waals surface area contributed by atoms with Gasteiger partial charge in [0.1, 0.15) is 0 Å². The second kappa shape index (κ2) is 7.41. The van der Waals surface area contributed by atoms with Crippen molar-refractivity contribution in [3.63, 3.8) is 0 Å². The summed E-state index contributed by atoms with van der Waals surface area (Å²) in [5, 5.41) is 4.98. The smallest absolute Gasteiger partial charge is 0.0933 e. The third kappa shape index (κ3) is 3.17. The van der Waals surface area contributed by atoms with Crippen molar-refractivity contribution in [3.8, 4) is 0 Å². The lowest BCUT2D eigenvalue weighted by molar-refractivity contribution is -0.0753. The zero-order chi connectivity index (χ0) is 15.3. The van der Waals surface area contributed by atoms with Crippen LogP contribution in [0.15, 0.2) is 6.20 Å². The van der Waals surface area contributed by atoms with Gasteiger partial charge in [0.25, 0.3) is 0 Å². The summed E-state index contributed by atoms with van der Waals surface area (Å²) >= 11 is 6.35. The summed E-state index contributed by atoms with van der Waals surface area (Å²) in [6.45, 7) is 11.0. The van der Waals surface area contributed by atoms with E-state index in [-0.39, 0.29) is 17.7 Å². The average molecular weight is 303 g/mol. The topological polar surface area (TPSA) is 65.1 Å². The van der Waals surface area contributed by atoms with Crippen molar-refractivity contribution >= 4 is 11.6 Å². The van der Waals surface area contributed by atoms with Crippen LogP contribution in [0.5, 0.6) is 0 Å². The molecule has 0 fully saturated rings. The molecule has 5 nitrogen and oxygen atoms in total. The Morgan fingerprint density at radius 3 is 2.40 bits per heavy atom. The van der Waals surface area contributed by atoms with Crippen molar-refractivity contribution < 1.29 is 4.74 Å². The van der Waals surface area contributed by atoms with Gasteiger partial charge < -0.3 is 4.74 Å². The molecule has 0 aliphatic heterocycles. The predicted octanol–water partition coefficient (Wildman–Crippen LogP) is 3.22. The molecule has 0 bridgehead atoms. The normalized spacial score (nSPS) is 14.0. The van der Waals surface area contributed by atoms with Gasteiger partial charge in [-0.2, -0.15) is 5.10 Å². The molecule has 1 aromatic heterocycles. The summed E-state index contributed by atoms with van der Waals surface area (Å²) in [6, 6.07) is 0.0104. The fourth-order valence-corrected chi connectivity index (χ4v) is 2.98. The molecule has 3 N–H and O–H groups in total. The van der Waals surface area contributed by atoms with Crippen LogP contribution in [-0.2, 0) is 4.74 Å². The summed E-state index contributed by atoms with van der Waals surface area (Å²) < 4.78 is 7.96. The molecule has 1 unspecified atom stereocenters. The maximum atomic E-state index is 6.35. The molecule has 0 aliphatic rings. The van der Waals surface area contributed by atoms with E-state index in [4.69, 9.17) is 22.2 Å². The van der Waals surface area contributed by atoms with Gasteiger partial charge in [-0.3, -0.25) is 10.5 Å². The van der Waals surface area contributed by atoms with Crippen molar-refractivity contribution in [2.45, 2.75) is 65.1 Å². The maximum Gasteiger partial charge on any atom is 0.0933 e. The number of hydrogen-bond donors (Lipinski definition) is 2. The monoisotopic (exact) mass is 302 g/mol. The molecule has 1 aromatic rings. The molecule has 0 saturated carbocycles. The number of nitrogens with zero attached hydrogens (tertiary/aromatic N) is 2. The molecule has 0 radical (unpaired) electrons. The Labute approximate surface area is 126 Å². The van der Waals surface area contributed by atoms with E-state index in [9.17, 15) is 0 Å². The third-order valence-electron chi connectivity index (χ3n) is 3.87. The van der Waals surface area contributed by atoms with Crippen LogP contribution in [0.2, 0.25) is 5.02 Å². The van der Waals surface area contributed by atoms with E-state index >= 15 is 0 Å². The fourth-order valence-electron chi connectivity index (χ4n) is 2.75. The van der Waals surface area contributed by atoms with Crippen molar-refractivity contribution in [2.75, 3.05) is 6.61 Å². The lowest BCUT2D eigenvalue weighted by atomic mass is 9.86. The second-order valence-electron chi connectivity index (χ2n) is 5.22. The Morgan fingerprint density at radius 1 is 1.40 bits per heavy atom. The molecule has 0 amide bonds. The molecule has 0 aliphatic carbocycles. The van der Waals surface area contributed by atoms with Gasteiger partial charge in [0.2, 0.25) is 0 Å². The van der Waals surface area contributed by atoms with E-state index in [1.165, 1.54) is 0 Å². The van der Waals surface area contributed by atoms with Gasteiger partial charge in [-0.25, -0.2) is 5.43 Å². The standard InChI is InChI=1S/C14H27ClN4O/c1-6-14(7-2,20-8-3)13(18-16)12-11(15)9-17-19(12)10(4)5/h9-10,13,18H,6-8,16H2,1-5H3. The van der Waals surface area contributed by atoms with E-state index in [1.807, 2.05) is 11.6 Å². The van der Waals surface area contributed by atoms with Gasteiger partial charge in [-0.1, -0.05) is 25.4 Å². The van der Waals surface area contributed by atoms with Crippen molar-refractivity contribution in [2.24, 2.45) is 5.84 Å². The molecule has 1 rings (SSSR count). The molecule has 1 heterocycles. The molecule has 20 heavy (non-hydrogen) atoms. The first kappa shape index (κ1) is 17.4. The van der Waals surface area contributed by atoms with Gasteiger partial charge in [0.05, 0.1) is 28.6 Å². The van der Waals surface area contributed by atoms with E-state index in [0.717, 1.165) is 18.5 Å². The minimum atomic E-state index is -0.389. The highest BCUT2D eigenvalue weighted by Gasteiger charge is 2.40. The van der Waals surface area contributed by atoms with Gasteiger partial charge in [0.15, 0.2) is 0 Å². The van der Waals surface area contributed by atoms with Crippen LogP contribution in [0.3, 0.4) is 0 Å². The van der Waals surface area contributed by atoms with Crippen LogP contribution in [0, 0.1) is 0 Å². The maximum absolute atomic E-state index is 6.35. The fraction of sp³-hybridized carbons (Fsp3) is 0.786. The first-order chi connectivity index (χ1) is 9.47. The molecule has 0 saturated heterocycles. The summed E-state index contributed by atoms with van der Waals surface area (Å²) in [6.07, 6.45) is 3.35. The molecule has 6 heteroatoms. The van der Waals surface area contributed by atoms with Crippen LogP contribution in [-0.4, -0.2) is 22.0 Å².